The van der Waals surface area contributed by atoms with E-state index >= 15 is 0 Å². The van der Waals surface area contributed by atoms with Crippen LogP contribution in [0.5, 0.6) is 0 Å². The molecule has 0 radical (unpaired) electrons. The molecule has 8 nitrogen and oxygen atoms in total. The molecule has 0 saturated carbocycles. The summed E-state index contributed by atoms with van der Waals surface area (Å²) in [4.78, 5) is 0. The van der Waals surface area contributed by atoms with Gasteiger partial charge in [-0.25, -0.2) is 4.68 Å². The smallest absolute Gasteiger partial charge is 0.218 e. The second-order valence-corrected chi connectivity index (χ2v) is 5.84. The lowest BCUT2D eigenvalue weighted by atomic mass is 10.1. The van der Waals surface area contributed by atoms with Gasteiger partial charge < -0.3 is 10.3 Å². The van der Waals surface area contributed by atoms with Crippen LogP contribution in [0.2, 0.25) is 0 Å². The lowest BCUT2D eigenvalue weighted by molar-refractivity contribution is 0.574. The highest BCUT2D eigenvalue weighted by atomic mass is 32.2. The molecule has 0 spiro atoms. The van der Waals surface area contributed by atoms with Gasteiger partial charge in [-0.2, -0.15) is 10.4 Å². The summed E-state index contributed by atoms with van der Waals surface area (Å²) in [5.74, 6) is 6.95. The van der Waals surface area contributed by atoms with E-state index in [0.29, 0.717) is 33.8 Å². The number of nitrogens with two attached hydrogens (primary N) is 1. The van der Waals surface area contributed by atoms with Gasteiger partial charge in [0.2, 0.25) is 11.0 Å². The van der Waals surface area contributed by atoms with Gasteiger partial charge in [-0.1, -0.05) is 13.8 Å². The molecule has 0 fully saturated rings. The summed E-state index contributed by atoms with van der Waals surface area (Å²) in [6.07, 6.45) is 2.97. The van der Waals surface area contributed by atoms with Crippen LogP contribution in [0.4, 0.5) is 0 Å². The molecule has 9 heteroatoms. The van der Waals surface area contributed by atoms with Gasteiger partial charge >= 0.3 is 0 Å². The third kappa shape index (κ3) is 2.72. The molecule has 0 unspecified atom stereocenters. The second-order valence-electron chi connectivity index (χ2n) is 4.88. The standard InChI is InChI=1S/C15H15N7OS/c1-3-9-10(8-16)14(20-18-11(9)4-2)24-15-21-19-13(22(15)17)12-6-5-7-23-12/h5-7H,3-4,17H2,1-2H3. The number of aryl methyl sites for hydroxylation is 1. The molecule has 0 aliphatic heterocycles. The summed E-state index contributed by atoms with van der Waals surface area (Å²) in [6.45, 7) is 3.98. The SMILES string of the molecule is CCc1nnc(Sc2nnc(-c3ccco3)n2N)c(C#N)c1CC. The Bertz CT molecular complexity index is 895. The van der Waals surface area contributed by atoms with Crippen molar-refractivity contribution in [1.82, 2.24) is 25.1 Å². The van der Waals surface area contributed by atoms with Crippen LogP contribution in [0.1, 0.15) is 30.7 Å². The first-order chi connectivity index (χ1) is 11.7. The number of hydrogen-bond acceptors (Lipinski definition) is 8. The number of rotatable bonds is 5. The first-order valence-corrected chi connectivity index (χ1v) is 8.21. The predicted molar refractivity (Wildman–Crippen MR) is 87.5 cm³/mol. The molecule has 0 aromatic carbocycles. The van der Waals surface area contributed by atoms with Gasteiger partial charge in [-0.15, -0.1) is 15.3 Å². The maximum absolute atomic E-state index is 9.53. The van der Waals surface area contributed by atoms with Crippen molar-refractivity contribution < 1.29 is 4.42 Å². The van der Waals surface area contributed by atoms with Gasteiger partial charge in [0.1, 0.15) is 11.1 Å². The Morgan fingerprint density at radius 3 is 2.71 bits per heavy atom. The van der Waals surface area contributed by atoms with Gasteiger partial charge in [0.15, 0.2) is 5.76 Å². The predicted octanol–water partition coefficient (Wildman–Crippen LogP) is 2.19. The summed E-state index contributed by atoms with van der Waals surface area (Å²) < 4.78 is 6.59. The van der Waals surface area contributed by atoms with Gasteiger partial charge in [-0.3, -0.25) is 0 Å². The molecule has 3 aromatic rings. The Balaban J connectivity index is 2.00. The number of hydrogen-bond donors (Lipinski definition) is 1. The van der Waals surface area contributed by atoms with E-state index in [4.69, 9.17) is 10.3 Å². The van der Waals surface area contributed by atoms with Crippen molar-refractivity contribution in [2.75, 3.05) is 5.84 Å². The van der Waals surface area contributed by atoms with Crippen LogP contribution in [-0.4, -0.2) is 25.1 Å². The molecular formula is C15H15N7OS. The van der Waals surface area contributed by atoms with Gasteiger partial charge in [-0.05, 0) is 42.3 Å². The summed E-state index contributed by atoms with van der Waals surface area (Å²) >= 11 is 1.16. The minimum atomic E-state index is 0.398. The fraction of sp³-hybridized carbons (Fsp3) is 0.267. The van der Waals surface area contributed by atoms with E-state index in [0.717, 1.165) is 29.4 Å². The number of nitrogens with zero attached hydrogens (tertiary/aromatic N) is 6. The van der Waals surface area contributed by atoms with Crippen molar-refractivity contribution in [3.63, 3.8) is 0 Å². The first kappa shape index (κ1) is 16.0. The van der Waals surface area contributed by atoms with E-state index in [1.165, 1.54) is 10.9 Å². The molecule has 3 aromatic heterocycles. The molecule has 0 saturated heterocycles. The molecule has 0 aliphatic carbocycles. The summed E-state index contributed by atoms with van der Waals surface area (Å²) in [6, 6.07) is 5.71. The van der Waals surface area contributed by atoms with Crippen LogP contribution < -0.4 is 5.84 Å². The zero-order valence-electron chi connectivity index (χ0n) is 13.2. The van der Waals surface area contributed by atoms with Crippen LogP contribution in [0, 0.1) is 11.3 Å². The molecule has 3 rings (SSSR count). The van der Waals surface area contributed by atoms with Crippen molar-refractivity contribution in [3.05, 3.63) is 35.2 Å². The Morgan fingerprint density at radius 1 is 1.25 bits per heavy atom. The molecule has 24 heavy (non-hydrogen) atoms. The highest BCUT2D eigenvalue weighted by Gasteiger charge is 2.20. The average molecular weight is 341 g/mol. The Hall–Kier alpha value is -2.86. The first-order valence-electron chi connectivity index (χ1n) is 7.40. The zero-order chi connectivity index (χ0) is 17.1. The van der Waals surface area contributed by atoms with E-state index in [1.807, 2.05) is 13.8 Å². The molecule has 0 amide bonds. The number of aromatic nitrogens is 5. The fourth-order valence-corrected chi connectivity index (χ4v) is 3.14. The van der Waals surface area contributed by atoms with E-state index in [2.05, 4.69) is 26.5 Å². The third-order valence-corrected chi connectivity index (χ3v) is 4.46. The van der Waals surface area contributed by atoms with Crippen molar-refractivity contribution >= 4 is 11.8 Å². The zero-order valence-corrected chi connectivity index (χ0v) is 14.0. The number of nitrogen functional groups attached to an aromatic ring is 1. The third-order valence-electron chi connectivity index (χ3n) is 3.52. The van der Waals surface area contributed by atoms with Gasteiger partial charge in [0.25, 0.3) is 0 Å². The van der Waals surface area contributed by atoms with Gasteiger partial charge in [0.05, 0.1) is 17.5 Å². The largest absolute Gasteiger partial charge is 0.461 e. The second kappa shape index (κ2) is 6.72. The van der Waals surface area contributed by atoms with E-state index in [-0.39, 0.29) is 0 Å². The fourth-order valence-electron chi connectivity index (χ4n) is 2.35. The van der Waals surface area contributed by atoms with E-state index in [9.17, 15) is 5.26 Å². The molecule has 2 N–H and O–H groups in total. The molecule has 122 valence electrons. The van der Waals surface area contributed by atoms with Crippen molar-refractivity contribution in [1.29, 1.82) is 5.26 Å². The quantitative estimate of drug-likeness (QED) is 0.701. The van der Waals surface area contributed by atoms with Crippen molar-refractivity contribution in [3.8, 4) is 17.7 Å². The Morgan fingerprint density at radius 2 is 2.08 bits per heavy atom. The number of furan rings is 1. The lowest BCUT2D eigenvalue weighted by Crippen LogP contribution is -2.12. The maximum atomic E-state index is 9.53. The molecule has 0 aliphatic rings. The molecule has 0 atom stereocenters. The van der Waals surface area contributed by atoms with Crippen molar-refractivity contribution in [2.45, 2.75) is 36.9 Å². The lowest BCUT2D eigenvalue weighted by Gasteiger charge is -2.09. The minimum Gasteiger partial charge on any atom is -0.461 e. The van der Waals surface area contributed by atoms with Crippen LogP contribution in [0.15, 0.2) is 33.0 Å². The highest BCUT2D eigenvalue weighted by Crippen LogP contribution is 2.30. The normalized spacial score (nSPS) is 10.7. The number of nitriles is 1. The highest BCUT2D eigenvalue weighted by molar-refractivity contribution is 7.99. The average Bonchev–Trinajstić information content (AvgIpc) is 3.24. The van der Waals surface area contributed by atoms with Crippen LogP contribution in [0.3, 0.4) is 0 Å². The Kier molecular flexibility index (Phi) is 4.48. The van der Waals surface area contributed by atoms with Crippen molar-refractivity contribution in [2.24, 2.45) is 0 Å². The molecule has 3 heterocycles. The van der Waals surface area contributed by atoms with Crippen LogP contribution in [0.25, 0.3) is 11.6 Å². The van der Waals surface area contributed by atoms with Crippen LogP contribution in [-0.2, 0) is 12.8 Å². The minimum absolute atomic E-state index is 0.398. The Labute approximate surface area is 142 Å². The summed E-state index contributed by atoms with van der Waals surface area (Å²) in [7, 11) is 0. The van der Waals surface area contributed by atoms with E-state index in [1.54, 1.807) is 12.1 Å². The summed E-state index contributed by atoms with van der Waals surface area (Å²) in [5, 5.41) is 26.9. The van der Waals surface area contributed by atoms with Gasteiger partial charge in [0, 0.05) is 0 Å². The summed E-state index contributed by atoms with van der Waals surface area (Å²) in [5.41, 5.74) is 2.26. The monoisotopic (exact) mass is 341 g/mol. The molecule has 0 bridgehead atoms. The topological polar surface area (TPSA) is 119 Å². The van der Waals surface area contributed by atoms with E-state index < -0.39 is 0 Å². The van der Waals surface area contributed by atoms with Crippen LogP contribution >= 0.6 is 11.8 Å². The maximum Gasteiger partial charge on any atom is 0.218 e. The molecular weight excluding hydrogens is 326 g/mol.